The van der Waals surface area contributed by atoms with E-state index in [1.54, 1.807) is 20.8 Å². The highest BCUT2D eigenvalue weighted by atomic mass is 16.8. The molecule has 2 aliphatic heterocycles. The molecule has 4 unspecified atom stereocenters. The highest BCUT2D eigenvalue weighted by Gasteiger charge is 2.55. The maximum atomic E-state index is 12.1. The van der Waals surface area contributed by atoms with Crippen molar-refractivity contribution < 1.29 is 61.9 Å². The molecule has 2 saturated heterocycles. The first kappa shape index (κ1) is 30.5. The fourth-order valence-electron chi connectivity index (χ4n) is 4.35. The molecule has 0 saturated carbocycles. The van der Waals surface area contributed by atoms with Crippen molar-refractivity contribution in [3.05, 3.63) is 0 Å². The third-order valence-corrected chi connectivity index (χ3v) is 5.97. The molecule has 10 atom stereocenters. The van der Waals surface area contributed by atoms with Crippen LogP contribution in [0.4, 0.5) is 0 Å². The molecular formula is C24H36O13. The number of hydrogen-bond donors (Lipinski definition) is 0. The molecule has 0 aromatic carbocycles. The average molecular weight is 533 g/mol. The molecule has 0 radical (unpaired) electrons. The van der Waals surface area contributed by atoms with Crippen LogP contribution in [-0.4, -0.2) is 85.2 Å². The largest absolute Gasteiger partial charge is 0.458 e. The van der Waals surface area contributed by atoms with Crippen LogP contribution in [0.15, 0.2) is 0 Å². The van der Waals surface area contributed by atoms with E-state index in [0.717, 1.165) is 20.8 Å². The summed E-state index contributed by atoms with van der Waals surface area (Å²) >= 11 is 0. The summed E-state index contributed by atoms with van der Waals surface area (Å²) in [4.78, 5) is 59.4. The molecule has 0 amide bonds. The maximum absolute atomic E-state index is 12.1. The van der Waals surface area contributed by atoms with Crippen LogP contribution in [0.3, 0.4) is 0 Å². The Hall–Kier alpha value is -2.77. The Labute approximate surface area is 215 Å². The first-order valence-electron chi connectivity index (χ1n) is 12.1. The van der Waals surface area contributed by atoms with E-state index in [9.17, 15) is 24.0 Å². The predicted molar refractivity (Wildman–Crippen MR) is 121 cm³/mol. The third-order valence-electron chi connectivity index (χ3n) is 5.97. The van der Waals surface area contributed by atoms with Crippen molar-refractivity contribution in [3.8, 4) is 0 Å². The lowest BCUT2D eigenvalue weighted by Crippen LogP contribution is -2.64. The second-order valence-electron chi connectivity index (χ2n) is 9.03. The fourth-order valence-corrected chi connectivity index (χ4v) is 4.35. The predicted octanol–water partition coefficient (Wildman–Crippen LogP) is 1.18. The molecule has 210 valence electrons. The van der Waals surface area contributed by atoms with Gasteiger partial charge < -0.3 is 37.9 Å². The van der Waals surface area contributed by atoms with Crippen molar-refractivity contribution >= 4 is 29.8 Å². The average Bonchev–Trinajstić information content (AvgIpc) is 2.76. The SMILES string of the molecule is CCC1O[C@@H](OC(C)=O)C(OC(C)=O)[C@@H](OC(C)=O)[C@@H]1O[C@H]1OC(C)[C@@H](C)[C@H](OC(C)=O)C1OC(C)=O. The Morgan fingerprint density at radius 2 is 1.00 bits per heavy atom. The number of hydrogen-bond acceptors (Lipinski definition) is 13. The van der Waals surface area contributed by atoms with E-state index in [0.29, 0.717) is 0 Å². The van der Waals surface area contributed by atoms with E-state index >= 15 is 0 Å². The van der Waals surface area contributed by atoms with E-state index in [-0.39, 0.29) is 12.3 Å². The van der Waals surface area contributed by atoms with Gasteiger partial charge in [0.05, 0.1) is 12.2 Å². The fraction of sp³-hybridized carbons (Fsp3) is 0.792. The quantitative estimate of drug-likeness (QED) is 0.324. The molecule has 0 aliphatic carbocycles. The standard InChI is InChI=1S/C24H36O13/c1-9-17-19(20(32-13(5)26)22(34-15(7)28)24(36-17)35-16(8)29)37-23-21(33-14(6)27)18(31-12(4)25)10(2)11(3)30-23/h10-11,17-24H,9H2,1-8H3/t10-,11?,17?,18+,19-,20+,21?,22?,23-,24-/m1/s1. The number of ether oxygens (including phenoxy) is 8. The first-order chi connectivity index (χ1) is 17.2. The summed E-state index contributed by atoms with van der Waals surface area (Å²) in [7, 11) is 0. The van der Waals surface area contributed by atoms with Gasteiger partial charge in [0, 0.05) is 40.5 Å². The van der Waals surface area contributed by atoms with E-state index in [4.69, 9.17) is 37.9 Å². The van der Waals surface area contributed by atoms with Crippen molar-refractivity contribution in [2.75, 3.05) is 0 Å². The molecule has 0 aromatic rings. The van der Waals surface area contributed by atoms with Gasteiger partial charge >= 0.3 is 29.8 Å². The summed E-state index contributed by atoms with van der Waals surface area (Å²) in [5, 5.41) is 0. The topological polar surface area (TPSA) is 159 Å². The Morgan fingerprint density at radius 3 is 1.46 bits per heavy atom. The molecule has 13 heteroatoms. The molecule has 0 N–H and O–H groups in total. The lowest BCUT2D eigenvalue weighted by atomic mass is 9.90. The number of esters is 5. The summed E-state index contributed by atoms with van der Waals surface area (Å²) in [6.07, 6.45) is -9.64. The van der Waals surface area contributed by atoms with Gasteiger partial charge in [-0.1, -0.05) is 13.8 Å². The van der Waals surface area contributed by atoms with Crippen molar-refractivity contribution in [1.82, 2.24) is 0 Å². The molecule has 0 aromatic heterocycles. The highest BCUT2D eigenvalue weighted by Crippen LogP contribution is 2.36. The maximum Gasteiger partial charge on any atom is 0.305 e. The number of rotatable bonds is 8. The molecule has 2 fully saturated rings. The van der Waals surface area contributed by atoms with E-state index in [2.05, 4.69) is 0 Å². The molecule has 37 heavy (non-hydrogen) atoms. The minimum atomic E-state index is -1.39. The van der Waals surface area contributed by atoms with Crippen LogP contribution in [-0.2, 0) is 61.9 Å². The zero-order valence-electron chi connectivity index (χ0n) is 22.3. The summed E-state index contributed by atoms with van der Waals surface area (Å²) < 4.78 is 45.1. The second-order valence-corrected chi connectivity index (χ2v) is 9.03. The Balaban J connectivity index is 2.50. The second kappa shape index (κ2) is 13.2. The molecular weight excluding hydrogens is 496 g/mol. The summed E-state index contributed by atoms with van der Waals surface area (Å²) in [6.45, 7) is 11.1. The zero-order valence-corrected chi connectivity index (χ0v) is 22.3. The third kappa shape index (κ3) is 8.11. The summed E-state index contributed by atoms with van der Waals surface area (Å²) in [6, 6.07) is 0. The van der Waals surface area contributed by atoms with Crippen LogP contribution in [0, 0.1) is 5.92 Å². The van der Waals surface area contributed by atoms with Crippen molar-refractivity contribution in [2.45, 2.75) is 117 Å². The number of carbonyl (C=O) groups is 5. The minimum Gasteiger partial charge on any atom is -0.458 e. The van der Waals surface area contributed by atoms with Gasteiger partial charge in [0.25, 0.3) is 0 Å². The van der Waals surface area contributed by atoms with Gasteiger partial charge in [0.2, 0.25) is 12.4 Å². The minimum absolute atomic E-state index is 0.289. The van der Waals surface area contributed by atoms with Crippen LogP contribution in [0.5, 0.6) is 0 Å². The monoisotopic (exact) mass is 532 g/mol. The number of carbonyl (C=O) groups excluding carboxylic acids is 5. The van der Waals surface area contributed by atoms with Gasteiger partial charge in [0.15, 0.2) is 18.5 Å². The first-order valence-corrected chi connectivity index (χ1v) is 12.1. The van der Waals surface area contributed by atoms with Gasteiger partial charge in [-0.15, -0.1) is 0 Å². The Morgan fingerprint density at radius 1 is 0.568 bits per heavy atom. The van der Waals surface area contributed by atoms with Crippen LogP contribution >= 0.6 is 0 Å². The van der Waals surface area contributed by atoms with E-state index in [1.165, 1.54) is 13.8 Å². The van der Waals surface area contributed by atoms with Crippen LogP contribution in [0.25, 0.3) is 0 Å². The van der Waals surface area contributed by atoms with E-state index < -0.39 is 85.2 Å². The van der Waals surface area contributed by atoms with Crippen LogP contribution in [0.1, 0.15) is 61.8 Å². The zero-order chi connectivity index (χ0) is 28.0. The summed E-state index contributed by atoms with van der Waals surface area (Å²) in [5.74, 6) is -3.82. The lowest BCUT2D eigenvalue weighted by molar-refractivity contribution is -0.348. The van der Waals surface area contributed by atoms with Crippen molar-refractivity contribution in [1.29, 1.82) is 0 Å². The van der Waals surface area contributed by atoms with Gasteiger partial charge in [0.1, 0.15) is 12.2 Å². The van der Waals surface area contributed by atoms with Gasteiger partial charge in [-0.2, -0.15) is 0 Å². The normalized spacial score (nSPS) is 35.6. The van der Waals surface area contributed by atoms with Gasteiger partial charge in [-0.3, -0.25) is 24.0 Å². The lowest BCUT2D eigenvalue weighted by Gasteiger charge is -2.48. The summed E-state index contributed by atoms with van der Waals surface area (Å²) in [5.41, 5.74) is 0. The van der Waals surface area contributed by atoms with E-state index in [1.807, 2.05) is 0 Å². The smallest absolute Gasteiger partial charge is 0.305 e. The van der Waals surface area contributed by atoms with Crippen LogP contribution in [0.2, 0.25) is 0 Å². The molecule has 2 heterocycles. The van der Waals surface area contributed by atoms with Gasteiger partial charge in [-0.25, -0.2) is 0 Å². The molecule has 2 aliphatic rings. The van der Waals surface area contributed by atoms with Crippen molar-refractivity contribution in [3.63, 3.8) is 0 Å². The molecule has 2 rings (SSSR count). The Kier molecular flexibility index (Phi) is 10.8. The highest BCUT2D eigenvalue weighted by molar-refractivity contribution is 5.68. The molecule has 0 spiro atoms. The molecule has 13 nitrogen and oxygen atoms in total. The van der Waals surface area contributed by atoms with Crippen molar-refractivity contribution in [2.24, 2.45) is 5.92 Å². The Bertz CT molecular complexity index is 858. The molecule has 0 bridgehead atoms. The van der Waals surface area contributed by atoms with Crippen LogP contribution < -0.4 is 0 Å². The van der Waals surface area contributed by atoms with Gasteiger partial charge in [-0.05, 0) is 13.3 Å².